The van der Waals surface area contributed by atoms with Crippen molar-refractivity contribution >= 4 is 0 Å². The fourth-order valence-corrected chi connectivity index (χ4v) is 1.09. The first-order valence-electron chi connectivity index (χ1n) is 5.08. The Bertz CT molecular complexity index is 246. The van der Waals surface area contributed by atoms with Crippen LogP contribution in [0.5, 0.6) is 5.88 Å². The molecule has 0 atom stereocenters. The maximum atomic E-state index is 5.01. The molecule has 1 aromatic rings. The second-order valence-corrected chi connectivity index (χ2v) is 3.24. The molecule has 4 nitrogen and oxygen atoms in total. The zero-order chi connectivity index (χ0) is 10.9. The number of hydrogen-bond donors (Lipinski definition) is 1. The molecule has 0 radical (unpaired) electrons. The summed E-state index contributed by atoms with van der Waals surface area (Å²) in [5.74, 6) is 0.667. The predicted octanol–water partition coefficient (Wildman–Crippen LogP) is 1.00. The van der Waals surface area contributed by atoms with Crippen molar-refractivity contribution in [2.45, 2.75) is 6.92 Å². The van der Waals surface area contributed by atoms with Crippen LogP contribution in [0.4, 0.5) is 0 Å². The molecule has 0 unspecified atom stereocenters. The Kier molecular flexibility index (Phi) is 5.73. The molecule has 1 saturated heterocycles. The third-order valence-corrected chi connectivity index (χ3v) is 1.94. The molecule has 0 aromatic carbocycles. The average Bonchev–Trinajstić information content (AvgIpc) is 2.33. The van der Waals surface area contributed by atoms with E-state index in [4.69, 9.17) is 9.47 Å². The maximum absolute atomic E-state index is 5.01. The van der Waals surface area contributed by atoms with Gasteiger partial charge in [-0.1, -0.05) is 6.07 Å². The molecular formula is C11H18N2O2. The lowest BCUT2D eigenvalue weighted by molar-refractivity contribution is 0.109. The van der Waals surface area contributed by atoms with Crippen molar-refractivity contribution < 1.29 is 9.47 Å². The van der Waals surface area contributed by atoms with Crippen LogP contribution in [0, 0.1) is 6.92 Å². The lowest BCUT2D eigenvalue weighted by Gasteiger charge is -2.10. The molecule has 0 spiro atoms. The standard InChI is InChI=1S/C7H9NO.C4H9NO/c1-6-3-4-7(9-2)8-5-6;1-3-6-4-2-5-1/h3-5H,1-2H3;5H,1-4H2. The van der Waals surface area contributed by atoms with E-state index in [1.807, 2.05) is 19.1 Å². The highest BCUT2D eigenvalue weighted by Crippen LogP contribution is 2.04. The third kappa shape index (κ3) is 5.34. The lowest BCUT2D eigenvalue weighted by atomic mass is 10.3. The number of aryl methyl sites for hydroxylation is 1. The molecule has 0 aliphatic carbocycles. The number of nitrogens with one attached hydrogen (secondary N) is 1. The predicted molar refractivity (Wildman–Crippen MR) is 59.2 cm³/mol. The van der Waals surface area contributed by atoms with Crippen LogP contribution in [-0.2, 0) is 4.74 Å². The van der Waals surface area contributed by atoms with Crippen molar-refractivity contribution in [1.29, 1.82) is 0 Å². The summed E-state index contributed by atoms with van der Waals surface area (Å²) in [7, 11) is 1.61. The average molecular weight is 210 g/mol. The van der Waals surface area contributed by atoms with Gasteiger partial charge in [-0.3, -0.25) is 0 Å². The minimum absolute atomic E-state index is 0.667. The van der Waals surface area contributed by atoms with E-state index in [9.17, 15) is 0 Å². The Balaban J connectivity index is 0.000000162. The SMILES string of the molecule is C1COCCN1.COc1ccc(C)cn1. The Morgan fingerprint density at radius 3 is 2.40 bits per heavy atom. The monoisotopic (exact) mass is 210 g/mol. The minimum Gasteiger partial charge on any atom is -0.481 e. The van der Waals surface area contributed by atoms with Crippen molar-refractivity contribution in [3.8, 4) is 5.88 Å². The number of pyridine rings is 1. The Morgan fingerprint density at radius 1 is 1.33 bits per heavy atom. The molecule has 0 bridgehead atoms. The number of rotatable bonds is 1. The largest absolute Gasteiger partial charge is 0.481 e. The lowest BCUT2D eigenvalue weighted by Crippen LogP contribution is -2.30. The summed E-state index contributed by atoms with van der Waals surface area (Å²) in [4.78, 5) is 3.97. The molecular weight excluding hydrogens is 192 g/mol. The van der Waals surface area contributed by atoms with E-state index in [1.54, 1.807) is 13.3 Å². The first-order valence-corrected chi connectivity index (χ1v) is 5.08. The molecule has 1 N–H and O–H groups in total. The molecule has 15 heavy (non-hydrogen) atoms. The molecule has 2 heterocycles. The molecule has 4 heteroatoms. The molecule has 0 saturated carbocycles. The van der Waals surface area contributed by atoms with Gasteiger partial charge in [-0.25, -0.2) is 4.98 Å². The molecule has 1 aliphatic rings. The Morgan fingerprint density at radius 2 is 2.07 bits per heavy atom. The van der Waals surface area contributed by atoms with Crippen molar-refractivity contribution in [2.24, 2.45) is 0 Å². The number of hydrogen-bond acceptors (Lipinski definition) is 4. The van der Waals surface area contributed by atoms with Crippen LogP contribution in [0.15, 0.2) is 18.3 Å². The van der Waals surface area contributed by atoms with Crippen LogP contribution in [-0.4, -0.2) is 38.4 Å². The molecule has 0 amide bonds. The van der Waals surface area contributed by atoms with Crippen molar-refractivity contribution in [1.82, 2.24) is 10.3 Å². The van der Waals surface area contributed by atoms with E-state index < -0.39 is 0 Å². The summed E-state index contributed by atoms with van der Waals surface area (Å²) in [6, 6.07) is 3.81. The smallest absolute Gasteiger partial charge is 0.212 e. The van der Waals surface area contributed by atoms with Gasteiger partial charge in [-0.05, 0) is 12.5 Å². The van der Waals surface area contributed by atoms with Gasteiger partial charge in [-0.15, -0.1) is 0 Å². The molecule has 84 valence electrons. The molecule has 1 aromatic heterocycles. The van der Waals surface area contributed by atoms with Crippen LogP contribution >= 0.6 is 0 Å². The topological polar surface area (TPSA) is 43.4 Å². The van der Waals surface area contributed by atoms with Crippen molar-refractivity contribution in [3.05, 3.63) is 23.9 Å². The molecule has 1 aliphatic heterocycles. The second kappa shape index (κ2) is 7.20. The number of ether oxygens (including phenoxy) is 2. The van der Waals surface area contributed by atoms with Crippen molar-refractivity contribution in [2.75, 3.05) is 33.4 Å². The van der Waals surface area contributed by atoms with Crippen LogP contribution in [0.3, 0.4) is 0 Å². The summed E-state index contributed by atoms with van der Waals surface area (Å²) in [5, 5.41) is 3.16. The maximum Gasteiger partial charge on any atom is 0.212 e. The van der Waals surface area contributed by atoms with Crippen LogP contribution < -0.4 is 10.1 Å². The quantitative estimate of drug-likeness (QED) is 0.751. The van der Waals surface area contributed by atoms with Crippen LogP contribution in [0.2, 0.25) is 0 Å². The van der Waals surface area contributed by atoms with Gasteiger partial charge in [0.15, 0.2) is 0 Å². The summed E-state index contributed by atoms with van der Waals surface area (Å²) in [5.41, 5.74) is 1.15. The van der Waals surface area contributed by atoms with E-state index in [0.29, 0.717) is 5.88 Å². The van der Waals surface area contributed by atoms with E-state index >= 15 is 0 Å². The van der Waals surface area contributed by atoms with E-state index in [0.717, 1.165) is 31.9 Å². The van der Waals surface area contributed by atoms with E-state index in [2.05, 4.69) is 10.3 Å². The molecule has 1 fully saturated rings. The Hall–Kier alpha value is -1.13. The van der Waals surface area contributed by atoms with Crippen molar-refractivity contribution in [3.63, 3.8) is 0 Å². The van der Waals surface area contributed by atoms with Crippen LogP contribution in [0.25, 0.3) is 0 Å². The van der Waals surface area contributed by atoms with Crippen LogP contribution in [0.1, 0.15) is 5.56 Å². The van der Waals surface area contributed by atoms with Gasteiger partial charge in [0.25, 0.3) is 0 Å². The van der Waals surface area contributed by atoms with Gasteiger partial charge < -0.3 is 14.8 Å². The minimum atomic E-state index is 0.667. The fourth-order valence-electron chi connectivity index (χ4n) is 1.09. The van der Waals surface area contributed by atoms with Gasteiger partial charge in [0.2, 0.25) is 5.88 Å². The fraction of sp³-hybridized carbons (Fsp3) is 0.545. The van der Waals surface area contributed by atoms with Gasteiger partial charge in [-0.2, -0.15) is 0 Å². The summed E-state index contributed by atoms with van der Waals surface area (Å²) >= 11 is 0. The Labute approximate surface area is 90.6 Å². The van der Waals surface area contributed by atoms with Gasteiger partial charge in [0.05, 0.1) is 20.3 Å². The summed E-state index contributed by atoms with van der Waals surface area (Å²) in [6.45, 7) is 5.83. The highest BCUT2D eigenvalue weighted by Gasteiger charge is 1.93. The zero-order valence-electron chi connectivity index (χ0n) is 9.32. The second-order valence-electron chi connectivity index (χ2n) is 3.24. The van der Waals surface area contributed by atoms with Gasteiger partial charge in [0.1, 0.15) is 0 Å². The zero-order valence-corrected chi connectivity index (χ0v) is 9.32. The number of nitrogens with zero attached hydrogens (tertiary/aromatic N) is 1. The first-order chi connectivity index (χ1) is 7.33. The summed E-state index contributed by atoms with van der Waals surface area (Å²) in [6.07, 6.45) is 1.78. The highest BCUT2D eigenvalue weighted by molar-refractivity contribution is 5.15. The summed E-state index contributed by atoms with van der Waals surface area (Å²) < 4.78 is 9.86. The number of morpholine rings is 1. The van der Waals surface area contributed by atoms with E-state index in [-0.39, 0.29) is 0 Å². The van der Waals surface area contributed by atoms with Gasteiger partial charge in [0, 0.05) is 25.4 Å². The van der Waals surface area contributed by atoms with E-state index in [1.165, 1.54) is 0 Å². The van der Waals surface area contributed by atoms with Gasteiger partial charge >= 0.3 is 0 Å². The number of methoxy groups -OCH3 is 1. The first kappa shape index (κ1) is 11.9. The molecule has 2 rings (SSSR count). The third-order valence-electron chi connectivity index (χ3n) is 1.94. The normalized spacial score (nSPS) is 15.1. The highest BCUT2D eigenvalue weighted by atomic mass is 16.5. The number of aromatic nitrogens is 1.